The zero-order chi connectivity index (χ0) is 43.3. The number of benzene rings is 2. The third kappa shape index (κ3) is 7.31. The van der Waals surface area contributed by atoms with E-state index in [-0.39, 0.29) is 22.6 Å². The van der Waals surface area contributed by atoms with Crippen LogP contribution in [-0.2, 0) is 51.3 Å². The summed E-state index contributed by atoms with van der Waals surface area (Å²) in [5.41, 5.74) is -5.86. The number of carbonyl (C=O) groups excluding carboxylic acids is 4. The summed E-state index contributed by atoms with van der Waals surface area (Å²) in [7, 11) is 0. The molecule has 2 saturated heterocycles. The summed E-state index contributed by atoms with van der Waals surface area (Å²) in [6.45, 7) is -2.77. The molecule has 2 aromatic carbocycles. The summed E-state index contributed by atoms with van der Waals surface area (Å²) in [5, 5.41) is 105. The Bertz CT molecular complexity index is 2020. The van der Waals surface area contributed by atoms with Crippen molar-refractivity contribution in [1.29, 1.82) is 0 Å². The van der Waals surface area contributed by atoms with E-state index >= 15 is 0 Å². The zero-order valence-electron chi connectivity index (χ0n) is 31.4. The molecule has 2 bridgehead atoms. The second-order valence-corrected chi connectivity index (χ2v) is 15.2. The maximum atomic E-state index is 13.9. The first kappa shape index (κ1) is 43.4. The Morgan fingerprint density at radius 1 is 0.617 bits per heavy atom. The van der Waals surface area contributed by atoms with Crippen LogP contribution in [0.5, 0.6) is 11.5 Å². The average molecular weight is 845 g/mol. The van der Waals surface area contributed by atoms with E-state index in [0.717, 1.165) is 6.08 Å². The van der Waals surface area contributed by atoms with Crippen molar-refractivity contribution >= 4 is 23.5 Å². The number of ketones is 2. The molecule has 1 saturated carbocycles. The number of hydrogen-bond donors (Lipinski definition) is 10. The van der Waals surface area contributed by atoms with Gasteiger partial charge in [0.15, 0.2) is 11.6 Å². The molecule has 324 valence electrons. The molecule has 10 N–H and O–H groups in total. The van der Waals surface area contributed by atoms with Gasteiger partial charge in [-0.3, -0.25) is 9.59 Å². The number of Topliss-reactive ketones (excluding diaryl/α,β-unsaturated/α-hetero) is 1. The first-order valence-electron chi connectivity index (χ1n) is 18.9. The molecule has 3 fully saturated rings. The number of ether oxygens (including phenoxy) is 6. The zero-order valence-corrected chi connectivity index (χ0v) is 31.4. The number of fused-ring (bicyclic) bond motifs is 1. The van der Waals surface area contributed by atoms with E-state index in [4.69, 9.17) is 28.4 Å². The van der Waals surface area contributed by atoms with Crippen LogP contribution in [0.4, 0.5) is 0 Å². The molecule has 60 heavy (non-hydrogen) atoms. The van der Waals surface area contributed by atoms with Crippen LogP contribution in [0.25, 0.3) is 0 Å². The second kappa shape index (κ2) is 17.0. The standard InChI is InChI=1S/C40H44O20/c41-13-24-28(44)30(46)32(48)35(59-24)57-22-7-3-1-5-17(22)15-55-37(51)39(53)21-11-9-20(34(39)50)19-10-12-26(43)40(54,27(19)21)38(52)56-16-18-6-2-4-8-23(18)58-36-33(49)31(47)29(45)25(14-42)60-36/h1-12,19-21,24-25,27-33,35-36,41-42,44-49,53-54H,13-16H2/t19?,20?,21?,24?,25?,27?,28-,29-,30?,31?,32+,33+,35-,36-,39-,40+/m0/s1. The van der Waals surface area contributed by atoms with Crippen LogP contribution in [0.2, 0.25) is 0 Å². The van der Waals surface area contributed by atoms with E-state index in [0.29, 0.717) is 0 Å². The molecule has 4 aliphatic carbocycles. The number of aliphatic hydroxyl groups is 10. The van der Waals surface area contributed by atoms with Crippen LogP contribution in [0, 0.1) is 23.7 Å². The van der Waals surface area contributed by atoms with E-state index in [1.807, 2.05) is 0 Å². The SMILES string of the molecule is O=C(OCc1ccccc1O[C@H]1OC(CO)[C@H](O)C(O)[C@H]1O)[C@@]1(O)C(=O)C2C=CC1C1C2C=CC(=O)[C@]1(O)C(=O)OCc1ccccc1O[C@H]1OC(CO)[C@H](O)C(O)[C@H]1O. The topological polar surface area (TPSA) is 326 Å². The first-order chi connectivity index (χ1) is 28.6. The van der Waals surface area contributed by atoms with Gasteiger partial charge in [-0.2, -0.15) is 0 Å². The molecule has 2 heterocycles. The Labute approximate surface area is 340 Å². The summed E-state index contributed by atoms with van der Waals surface area (Å²) in [4.78, 5) is 55.1. The predicted molar refractivity (Wildman–Crippen MR) is 193 cm³/mol. The van der Waals surface area contributed by atoms with Crippen molar-refractivity contribution in [3.8, 4) is 11.5 Å². The number of hydrogen-bond acceptors (Lipinski definition) is 20. The van der Waals surface area contributed by atoms with E-state index in [9.17, 15) is 70.2 Å². The van der Waals surface area contributed by atoms with Crippen LogP contribution >= 0.6 is 0 Å². The van der Waals surface area contributed by atoms with Crippen LogP contribution in [0.3, 0.4) is 0 Å². The minimum Gasteiger partial charge on any atom is -0.462 e. The third-order valence-electron chi connectivity index (χ3n) is 11.7. The molecule has 0 amide bonds. The van der Waals surface area contributed by atoms with Gasteiger partial charge in [0.05, 0.1) is 13.2 Å². The number of rotatable bonds is 12. The molecular formula is C40H44O20. The van der Waals surface area contributed by atoms with Crippen molar-refractivity contribution in [3.63, 3.8) is 0 Å². The summed E-state index contributed by atoms with van der Waals surface area (Å²) < 4.78 is 33.1. The molecule has 2 aliphatic heterocycles. The van der Waals surface area contributed by atoms with Crippen molar-refractivity contribution in [2.75, 3.05) is 13.2 Å². The van der Waals surface area contributed by atoms with E-state index < -0.39 is 146 Å². The van der Waals surface area contributed by atoms with Gasteiger partial charge in [-0.05, 0) is 24.1 Å². The number of carbonyl (C=O) groups is 4. The summed E-state index contributed by atoms with van der Waals surface area (Å²) in [6.07, 6.45) is -11.3. The number of para-hydroxylation sites is 2. The molecule has 2 aromatic rings. The lowest BCUT2D eigenvalue weighted by Gasteiger charge is -2.54. The number of aliphatic hydroxyl groups excluding tert-OH is 8. The van der Waals surface area contributed by atoms with Gasteiger partial charge in [0.25, 0.3) is 0 Å². The average Bonchev–Trinajstić information content (AvgIpc) is 3.25. The molecule has 0 radical (unpaired) electrons. The first-order valence-corrected chi connectivity index (χ1v) is 18.9. The molecule has 8 unspecified atom stereocenters. The Balaban J connectivity index is 1.08. The van der Waals surface area contributed by atoms with Crippen molar-refractivity contribution in [1.82, 2.24) is 0 Å². The lowest BCUT2D eigenvalue weighted by molar-refractivity contribution is -0.277. The molecule has 8 rings (SSSR count). The maximum Gasteiger partial charge on any atom is 0.347 e. The molecule has 0 spiro atoms. The lowest BCUT2D eigenvalue weighted by Crippen LogP contribution is -2.72. The fraction of sp³-hybridized carbons (Fsp3) is 0.500. The van der Waals surface area contributed by atoms with Crippen molar-refractivity contribution in [3.05, 3.63) is 84.0 Å². The van der Waals surface area contributed by atoms with Crippen LogP contribution < -0.4 is 9.47 Å². The highest BCUT2D eigenvalue weighted by Crippen LogP contribution is 2.55. The Kier molecular flexibility index (Phi) is 12.3. The smallest absolute Gasteiger partial charge is 0.347 e. The fourth-order valence-corrected chi connectivity index (χ4v) is 8.33. The number of allylic oxidation sites excluding steroid dienone is 2. The highest BCUT2D eigenvalue weighted by atomic mass is 16.7. The van der Waals surface area contributed by atoms with E-state index in [2.05, 4.69) is 0 Å². The van der Waals surface area contributed by atoms with Gasteiger partial charge < -0.3 is 79.5 Å². The third-order valence-corrected chi connectivity index (χ3v) is 11.7. The van der Waals surface area contributed by atoms with Gasteiger partial charge in [-0.1, -0.05) is 54.6 Å². The highest BCUT2D eigenvalue weighted by molar-refractivity contribution is 6.16. The summed E-state index contributed by atoms with van der Waals surface area (Å²) in [5.74, 6) is -11.0. The van der Waals surface area contributed by atoms with Crippen LogP contribution in [0.1, 0.15) is 11.1 Å². The Hall–Kier alpha value is -4.68. The van der Waals surface area contributed by atoms with Crippen LogP contribution in [0.15, 0.2) is 72.8 Å². The molecule has 6 aliphatic rings. The van der Waals surface area contributed by atoms with E-state index in [1.54, 1.807) is 0 Å². The van der Waals surface area contributed by atoms with Gasteiger partial charge in [0.1, 0.15) is 73.5 Å². The monoisotopic (exact) mass is 844 g/mol. The quantitative estimate of drug-likeness (QED) is 0.0554. The minimum atomic E-state index is -3.05. The van der Waals surface area contributed by atoms with Crippen LogP contribution in [-0.4, -0.2) is 160 Å². The Morgan fingerprint density at radius 2 is 1.08 bits per heavy atom. The molecule has 16 atom stereocenters. The van der Waals surface area contributed by atoms with E-state index in [1.165, 1.54) is 66.8 Å². The van der Waals surface area contributed by atoms with Crippen molar-refractivity contribution in [2.24, 2.45) is 23.7 Å². The normalized spacial score (nSPS) is 39.5. The Morgan fingerprint density at radius 3 is 1.57 bits per heavy atom. The predicted octanol–water partition coefficient (Wildman–Crippen LogP) is -3.95. The second-order valence-electron chi connectivity index (χ2n) is 15.2. The highest BCUT2D eigenvalue weighted by Gasteiger charge is 2.71. The van der Waals surface area contributed by atoms with Gasteiger partial charge >= 0.3 is 11.9 Å². The fourth-order valence-electron chi connectivity index (χ4n) is 8.33. The van der Waals surface area contributed by atoms with Gasteiger partial charge in [0.2, 0.25) is 23.8 Å². The van der Waals surface area contributed by atoms with Gasteiger partial charge in [-0.15, -0.1) is 0 Å². The summed E-state index contributed by atoms with van der Waals surface area (Å²) in [6, 6.07) is 11.7. The molecule has 0 aromatic heterocycles. The summed E-state index contributed by atoms with van der Waals surface area (Å²) >= 11 is 0. The lowest BCUT2D eigenvalue weighted by atomic mass is 9.49. The molecule has 20 heteroatoms. The number of esters is 2. The van der Waals surface area contributed by atoms with Crippen molar-refractivity contribution in [2.45, 2.75) is 85.8 Å². The molecular weight excluding hydrogens is 800 g/mol. The van der Waals surface area contributed by atoms with Crippen molar-refractivity contribution < 1.29 is 98.7 Å². The largest absolute Gasteiger partial charge is 0.462 e. The molecule has 20 nitrogen and oxygen atoms in total. The maximum absolute atomic E-state index is 13.9. The minimum absolute atomic E-state index is 0.0571. The van der Waals surface area contributed by atoms with Gasteiger partial charge in [-0.25, -0.2) is 9.59 Å². The van der Waals surface area contributed by atoms with Gasteiger partial charge in [0, 0.05) is 28.9 Å².